The normalized spacial score (nSPS) is 26.0. The summed E-state index contributed by atoms with van der Waals surface area (Å²) < 4.78 is 35.7. The smallest absolute Gasteiger partial charge is 0.387 e. The first kappa shape index (κ1) is 20.2. The van der Waals surface area contributed by atoms with Gasteiger partial charge in [0.2, 0.25) is 4.77 Å². The number of aromatic amines is 1. The number of fused-ring (bicyclic) bond motifs is 1. The summed E-state index contributed by atoms with van der Waals surface area (Å²) in [4.78, 5) is 35.4. The van der Waals surface area contributed by atoms with E-state index in [2.05, 4.69) is 14.5 Å². The highest BCUT2D eigenvalue weighted by Crippen LogP contribution is 2.38. The van der Waals surface area contributed by atoms with Gasteiger partial charge < -0.3 is 29.7 Å². The van der Waals surface area contributed by atoms with Gasteiger partial charge >= 0.3 is 7.82 Å². The molecule has 11 nitrogen and oxygen atoms in total. The van der Waals surface area contributed by atoms with Gasteiger partial charge in [0.05, 0.1) is 17.6 Å². The second-order valence-corrected chi connectivity index (χ2v) is 7.52. The Morgan fingerprint density at radius 2 is 2.11 bits per heavy atom. The van der Waals surface area contributed by atoms with Crippen molar-refractivity contribution in [2.75, 3.05) is 6.61 Å². The van der Waals surface area contributed by atoms with Gasteiger partial charge in [-0.2, -0.15) is 0 Å². The van der Waals surface area contributed by atoms with Gasteiger partial charge in [0.1, 0.15) is 29.8 Å². The van der Waals surface area contributed by atoms with Crippen LogP contribution >= 0.6 is 20.0 Å². The zero-order valence-electron chi connectivity index (χ0n) is 13.6. The van der Waals surface area contributed by atoms with Crippen molar-refractivity contribution in [1.29, 1.82) is 0 Å². The number of hydrogen-bond acceptors (Lipinski definition) is 8. The molecule has 1 unspecified atom stereocenters. The van der Waals surface area contributed by atoms with Gasteiger partial charge in [-0.25, -0.2) is 13.9 Å². The Morgan fingerprint density at radius 3 is 2.74 bits per heavy atom. The molecule has 0 amide bonds. The van der Waals surface area contributed by atoms with Crippen molar-refractivity contribution in [3.8, 4) is 0 Å². The molecule has 148 valence electrons. The molecule has 27 heavy (non-hydrogen) atoms. The molecule has 0 spiro atoms. The van der Waals surface area contributed by atoms with Crippen LogP contribution in [0.2, 0.25) is 0 Å². The van der Waals surface area contributed by atoms with Crippen LogP contribution < -0.4 is 5.56 Å². The summed E-state index contributed by atoms with van der Waals surface area (Å²) in [6.45, 7) is 0.577. The number of phosphoric acid groups is 1. The molecule has 0 saturated carbocycles. The van der Waals surface area contributed by atoms with Crippen LogP contribution in [0.1, 0.15) is 11.8 Å². The maximum Gasteiger partial charge on any atom is 0.469 e. The van der Waals surface area contributed by atoms with Crippen molar-refractivity contribution in [2.24, 2.45) is 0 Å². The van der Waals surface area contributed by atoms with Crippen LogP contribution in [0, 0.1) is 17.5 Å². The molecule has 1 aliphatic heterocycles. The lowest BCUT2D eigenvalue weighted by Gasteiger charge is -2.19. The third-order valence-corrected chi connectivity index (χ3v) is 4.90. The molecular weight excluding hydrogens is 408 g/mol. The van der Waals surface area contributed by atoms with Crippen molar-refractivity contribution >= 4 is 31.1 Å². The number of nitrogens with one attached hydrogen (secondary N) is 1. The van der Waals surface area contributed by atoms with E-state index in [0.717, 1.165) is 10.8 Å². The highest BCUT2D eigenvalue weighted by Gasteiger charge is 2.44. The van der Waals surface area contributed by atoms with E-state index in [-0.39, 0.29) is 21.4 Å². The number of aliphatic hydroxyl groups is 2. The Kier molecular flexibility index (Phi) is 5.31. The highest BCUT2D eigenvalue weighted by molar-refractivity contribution is 7.71. The standard InChI is InChI=1S/C13H15FN3O8PS/c1-4-7(14)5-2-17(13(27)16-10(5)15-11(4)20)12-9(19)8(18)6(25-12)3-24-26(21,22)23/h2,6,8-9,12,18-19H,3H2,1H3,(H2,21,22,23)(H,15,16,20,27)/t6-,8?,9+,12-/m1/s1. The maximum absolute atomic E-state index is 14.4. The summed E-state index contributed by atoms with van der Waals surface area (Å²) in [6.07, 6.45) is -4.55. The molecule has 1 saturated heterocycles. The summed E-state index contributed by atoms with van der Waals surface area (Å²) in [6, 6.07) is 0. The van der Waals surface area contributed by atoms with Crippen LogP contribution in [-0.2, 0) is 13.8 Å². The monoisotopic (exact) mass is 423 g/mol. The Hall–Kier alpha value is -1.57. The molecule has 0 aromatic carbocycles. The predicted octanol–water partition coefficient (Wildman–Crippen LogP) is -0.370. The fourth-order valence-electron chi connectivity index (χ4n) is 2.68. The third-order valence-electron chi connectivity index (χ3n) is 4.11. The molecular formula is C13H15FN3O8PS. The minimum absolute atomic E-state index is 0.0964. The number of pyridine rings is 1. The minimum atomic E-state index is -4.81. The molecule has 14 heteroatoms. The number of ether oxygens (including phenoxy) is 1. The minimum Gasteiger partial charge on any atom is -0.387 e. The van der Waals surface area contributed by atoms with Gasteiger partial charge in [-0.3, -0.25) is 13.9 Å². The quantitative estimate of drug-likeness (QED) is 0.323. The molecule has 0 radical (unpaired) electrons. The lowest BCUT2D eigenvalue weighted by molar-refractivity contribution is -0.0531. The van der Waals surface area contributed by atoms with E-state index in [9.17, 15) is 24.0 Å². The average Bonchev–Trinajstić information content (AvgIpc) is 2.85. The molecule has 0 aliphatic carbocycles. The van der Waals surface area contributed by atoms with Crippen LogP contribution in [0.5, 0.6) is 0 Å². The third kappa shape index (κ3) is 3.86. The summed E-state index contributed by atoms with van der Waals surface area (Å²) in [5.41, 5.74) is -0.936. The Balaban J connectivity index is 1.99. The fourth-order valence-corrected chi connectivity index (χ4v) is 3.27. The first-order valence-electron chi connectivity index (χ1n) is 7.52. The lowest BCUT2D eigenvalue weighted by Crippen LogP contribution is -2.33. The summed E-state index contributed by atoms with van der Waals surface area (Å²) >= 11 is 5.07. The fraction of sp³-hybridized carbons (Fsp3) is 0.462. The number of halogens is 1. The van der Waals surface area contributed by atoms with E-state index in [1.807, 2.05) is 0 Å². The number of H-pyrrole nitrogens is 1. The van der Waals surface area contributed by atoms with Crippen LogP contribution in [0.25, 0.3) is 11.0 Å². The number of phosphoric ester groups is 1. The zero-order valence-corrected chi connectivity index (χ0v) is 15.4. The number of nitrogens with zero attached hydrogens (tertiary/aromatic N) is 2. The van der Waals surface area contributed by atoms with Gasteiger partial charge in [0.25, 0.3) is 5.56 Å². The second-order valence-electron chi connectivity index (χ2n) is 5.92. The van der Waals surface area contributed by atoms with E-state index in [0.29, 0.717) is 0 Å². The van der Waals surface area contributed by atoms with E-state index in [4.69, 9.17) is 26.7 Å². The molecule has 3 rings (SSSR count). The SMILES string of the molecule is Cc1c(F)c2cn([C@@H]3O[C@H](COP(=O)(O)O)C(O)[C@@H]3O)c(=S)nc2[nH]c1=O. The number of rotatable bonds is 4. The summed E-state index contributed by atoms with van der Waals surface area (Å²) in [5.74, 6) is -0.834. The van der Waals surface area contributed by atoms with Gasteiger partial charge in [-0.05, 0) is 19.1 Å². The van der Waals surface area contributed by atoms with E-state index in [1.54, 1.807) is 0 Å². The molecule has 5 N–H and O–H groups in total. The number of hydrogen-bond donors (Lipinski definition) is 5. The molecule has 1 fully saturated rings. The first-order valence-corrected chi connectivity index (χ1v) is 9.46. The van der Waals surface area contributed by atoms with Gasteiger partial charge in [0, 0.05) is 6.20 Å². The molecule has 3 heterocycles. The molecule has 4 atom stereocenters. The molecule has 2 aromatic rings. The van der Waals surface area contributed by atoms with Crippen LogP contribution in [-0.4, -0.2) is 59.5 Å². The summed E-state index contributed by atoms with van der Waals surface area (Å²) in [7, 11) is -4.81. The molecule has 1 aliphatic rings. The Morgan fingerprint density at radius 1 is 1.44 bits per heavy atom. The molecule has 0 bridgehead atoms. The van der Waals surface area contributed by atoms with Crippen LogP contribution in [0.3, 0.4) is 0 Å². The van der Waals surface area contributed by atoms with Crippen molar-refractivity contribution in [3.63, 3.8) is 0 Å². The lowest BCUT2D eigenvalue weighted by atomic mass is 10.1. The van der Waals surface area contributed by atoms with Crippen molar-refractivity contribution in [2.45, 2.75) is 31.5 Å². The average molecular weight is 423 g/mol. The van der Waals surface area contributed by atoms with Crippen LogP contribution in [0.15, 0.2) is 11.0 Å². The number of aromatic nitrogens is 3. The van der Waals surface area contributed by atoms with E-state index < -0.39 is 50.3 Å². The zero-order chi connectivity index (χ0) is 20.1. The van der Waals surface area contributed by atoms with Gasteiger partial charge in [-0.1, -0.05) is 0 Å². The highest BCUT2D eigenvalue weighted by atomic mass is 32.1. The van der Waals surface area contributed by atoms with E-state index in [1.165, 1.54) is 6.92 Å². The van der Waals surface area contributed by atoms with Crippen LogP contribution in [0.4, 0.5) is 4.39 Å². The van der Waals surface area contributed by atoms with Gasteiger partial charge in [0.15, 0.2) is 6.23 Å². The largest absolute Gasteiger partial charge is 0.469 e. The first-order chi connectivity index (χ1) is 12.5. The van der Waals surface area contributed by atoms with Crippen molar-refractivity contribution in [3.05, 3.63) is 32.7 Å². The maximum atomic E-state index is 14.4. The van der Waals surface area contributed by atoms with Gasteiger partial charge in [-0.15, -0.1) is 0 Å². The Bertz CT molecular complexity index is 1050. The molecule has 2 aromatic heterocycles. The Labute approximate surface area is 155 Å². The predicted molar refractivity (Wildman–Crippen MR) is 89.8 cm³/mol. The van der Waals surface area contributed by atoms with E-state index >= 15 is 0 Å². The van der Waals surface area contributed by atoms with Crippen molar-refractivity contribution < 1.29 is 38.2 Å². The topological polar surface area (TPSA) is 167 Å². The van der Waals surface area contributed by atoms with Crippen molar-refractivity contribution in [1.82, 2.24) is 14.5 Å². The second kappa shape index (κ2) is 7.11. The summed E-state index contributed by atoms with van der Waals surface area (Å²) in [5, 5.41) is 20.1. The number of aliphatic hydroxyl groups excluding tert-OH is 2.